The molecule has 1 aliphatic carbocycles. The second-order valence-electron chi connectivity index (χ2n) is 5.08. The topological polar surface area (TPSA) is 37.8 Å². The van der Waals surface area contributed by atoms with E-state index in [-0.39, 0.29) is 5.28 Å². The Morgan fingerprint density at radius 3 is 2.81 bits per heavy atom. The van der Waals surface area contributed by atoms with Crippen molar-refractivity contribution in [2.45, 2.75) is 39.2 Å². The summed E-state index contributed by atoms with van der Waals surface area (Å²) < 4.78 is 0. The average Bonchev–Trinajstić information content (AvgIpc) is 2.52. The Bertz CT molecular complexity index is 393. The van der Waals surface area contributed by atoms with Crippen molar-refractivity contribution in [1.82, 2.24) is 9.97 Å². The van der Waals surface area contributed by atoms with Gasteiger partial charge in [0.15, 0.2) is 0 Å². The van der Waals surface area contributed by atoms with Crippen molar-refractivity contribution in [1.29, 1.82) is 0 Å². The molecule has 0 amide bonds. The first kappa shape index (κ1) is 11.9. The van der Waals surface area contributed by atoms with Gasteiger partial charge >= 0.3 is 0 Å². The smallest absolute Gasteiger partial charge is 0.224 e. The van der Waals surface area contributed by atoms with Crippen LogP contribution in [0, 0.1) is 5.41 Å². The van der Waals surface area contributed by atoms with Crippen LogP contribution in [0.4, 0.5) is 5.82 Å². The lowest BCUT2D eigenvalue weighted by Gasteiger charge is -2.18. The van der Waals surface area contributed by atoms with Crippen molar-refractivity contribution in [2.24, 2.45) is 5.41 Å². The van der Waals surface area contributed by atoms with E-state index in [4.69, 9.17) is 23.2 Å². The first-order valence-corrected chi connectivity index (χ1v) is 6.16. The summed E-state index contributed by atoms with van der Waals surface area (Å²) in [5.74, 6) is 0.643. The van der Waals surface area contributed by atoms with E-state index in [9.17, 15) is 0 Å². The lowest BCUT2D eigenvalue weighted by molar-refractivity contribution is 0.378. The SMILES string of the molecule is CC1(C)CCC(Nc2nc(Cl)ncc2Cl)C1. The highest BCUT2D eigenvalue weighted by Gasteiger charge is 2.31. The molecule has 0 spiro atoms. The fourth-order valence-corrected chi connectivity index (χ4v) is 2.48. The van der Waals surface area contributed by atoms with E-state index in [1.165, 1.54) is 12.6 Å². The molecule has 5 heteroatoms. The molecule has 16 heavy (non-hydrogen) atoms. The highest BCUT2D eigenvalue weighted by atomic mass is 35.5. The van der Waals surface area contributed by atoms with Gasteiger partial charge in [-0.05, 0) is 36.3 Å². The highest BCUT2D eigenvalue weighted by Crippen LogP contribution is 2.38. The number of hydrogen-bond acceptors (Lipinski definition) is 3. The second kappa shape index (κ2) is 4.38. The Balaban J connectivity index is 2.07. The van der Waals surface area contributed by atoms with Gasteiger partial charge in [-0.15, -0.1) is 0 Å². The fraction of sp³-hybridized carbons (Fsp3) is 0.636. The monoisotopic (exact) mass is 259 g/mol. The van der Waals surface area contributed by atoms with Crippen molar-refractivity contribution in [3.63, 3.8) is 0 Å². The number of hydrogen-bond donors (Lipinski definition) is 1. The zero-order chi connectivity index (χ0) is 11.8. The van der Waals surface area contributed by atoms with Gasteiger partial charge in [0.2, 0.25) is 5.28 Å². The molecule has 0 radical (unpaired) electrons. The number of halogens is 2. The van der Waals surface area contributed by atoms with Gasteiger partial charge in [-0.3, -0.25) is 0 Å². The molecule has 1 heterocycles. The number of nitrogens with one attached hydrogen (secondary N) is 1. The molecule has 1 unspecified atom stereocenters. The number of aromatic nitrogens is 2. The van der Waals surface area contributed by atoms with Gasteiger partial charge in [-0.25, -0.2) is 4.98 Å². The van der Waals surface area contributed by atoms with Crippen molar-refractivity contribution in [3.05, 3.63) is 16.5 Å². The predicted molar refractivity (Wildman–Crippen MR) is 67.1 cm³/mol. The Morgan fingerprint density at radius 2 is 2.19 bits per heavy atom. The maximum atomic E-state index is 6.00. The molecule has 0 aliphatic heterocycles. The van der Waals surface area contributed by atoms with Crippen LogP contribution in [-0.2, 0) is 0 Å². The van der Waals surface area contributed by atoms with Gasteiger partial charge in [0.25, 0.3) is 0 Å². The quantitative estimate of drug-likeness (QED) is 0.822. The molecule has 1 aliphatic rings. The van der Waals surface area contributed by atoms with E-state index < -0.39 is 0 Å². The molecule has 3 nitrogen and oxygen atoms in total. The van der Waals surface area contributed by atoms with Crippen molar-refractivity contribution >= 4 is 29.0 Å². The third kappa shape index (κ3) is 2.77. The molecule has 0 aromatic carbocycles. The molecule has 0 saturated heterocycles. The summed E-state index contributed by atoms with van der Waals surface area (Å²) in [5.41, 5.74) is 0.404. The molecule has 1 atom stereocenters. The molecule has 88 valence electrons. The van der Waals surface area contributed by atoms with Crippen LogP contribution in [0.5, 0.6) is 0 Å². The van der Waals surface area contributed by atoms with Crippen LogP contribution in [0.1, 0.15) is 33.1 Å². The Morgan fingerprint density at radius 1 is 1.44 bits per heavy atom. The van der Waals surface area contributed by atoms with E-state index in [0.717, 1.165) is 12.8 Å². The normalized spacial score (nSPS) is 23.4. The highest BCUT2D eigenvalue weighted by molar-refractivity contribution is 6.33. The van der Waals surface area contributed by atoms with Crippen LogP contribution < -0.4 is 5.32 Å². The van der Waals surface area contributed by atoms with Gasteiger partial charge in [0, 0.05) is 6.04 Å². The van der Waals surface area contributed by atoms with Gasteiger partial charge in [0.05, 0.1) is 6.20 Å². The molecule has 1 aromatic rings. The largest absolute Gasteiger partial charge is 0.366 e. The third-order valence-corrected chi connectivity index (χ3v) is 3.48. The third-order valence-electron chi connectivity index (χ3n) is 3.02. The Labute approximate surface area is 106 Å². The molecule has 1 saturated carbocycles. The zero-order valence-electron chi connectivity index (χ0n) is 9.43. The molecular formula is C11H15Cl2N3. The standard InChI is InChI=1S/C11H15Cl2N3/c1-11(2)4-3-7(5-11)15-9-8(12)6-14-10(13)16-9/h6-7H,3-5H2,1-2H3,(H,14,15,16). The van der Waals surface area contributed by atoms with Crippen LogP contribution in [0.25, 0.3) is 0 Å². The summed E-state index contributed by atoms with van der Waals surface area (Å²) in [6, 6.07) is 0.429. The summed E-state index contributed by atoms with van der Waals surface area (Å²) in [5, 5.41) is 4.09. The molecular weight excluding hydrogens is 245 g/mol. The van der Waals surface area contributed by atoms with E-state index >= 15 is 0 Å². The lowest BCUT2D eigenvalue weighted by atomic mass is 9.92. The Kier molecular flexibility index (Phi) is 3.27. The molecule has 1 N–H and O–H groups in total. The van der Waals surface area contributed by atoms with Crippen LogP contribution in [0.3, 0.4) is 0 Å². The van der Waals surface area contributed by atoms with Gasteiger partial charge in [-0.2, -0.15) is 4.98 Å². The van der Waals surface area contributed by atoms with E-state index in [2.05, 4.69) is 29.1 Å². The minimum Gasteiger partial charge on any atom is -0.366 e. The average molecular weight is 260 g/mol. The van der Waals surface area contributed by atoms with Crippen LogP contribution in [0.15, 0.2) is 6.20 Å². The number of anilines is 1. The van der Waals surface area contributed by atoms with E-state index in [1.807, 2.05) is 0 Å². The summed E-state index contributed by atoms with van der Waals surface area (Å²) in [7, 11) is 0. The summed E-state index contributed by atoms with van der Waals surface area (Å²) in [4.78, 5) is 7.92. The number of nitrogens with zero attached hydrogens (tertiary/aromatic N) is 2. The minimum absolute atomic E-state index is 0.226. The van der Waals surface area contributed by atoms with E-state index in [0.29, 0.717) is 22.3 Å². The molecule has 0 bridgehead atoms. The summed E-state index contributed by atoms with van der Waals surface area (Å²) in [6.45, 7) is 4.56. The minimum atomic E-state index is 0.226. The predicted octanol–water partition coefficient (Wildman–Crippen LogP) is 3.77. The van der Waals surface area contributed by atoms with Gasteiger partial charge < -0.3 is 5.32 Å². The molecule has 1 fully saturated rings. The number of rotatable bonds is 2. The van der Waals surface area contributed by atoms with Crippen molar-refractivity contribution in [2.75, 3.05) is 5.32 Å². The maximum Gasteiger partial charge on any atom is 0.224 e. The van der Waals surface area contributed by atoms with Crippen LogP contribution in [-0.4, -0.2) is 16.0 Å². The first-order valence-electron chi connectivity index (χ1n) is 5.41. The van der Waals surface area contributed by atoms with Crippen molar-refractivity contribution in [3.8, 4) is 0 Å². The summed E-state index contributed by atoms with van der Waals surface area (Å²) >= 11 is 11.7. The Hall–Kier alpha value is -0.540. The maximum absolute atomic E-state index is 6.00. The zero-order valence-corrected chi connectivity index (χ0v) is 10.9. The lowest BCUT2D eigenvalue weighted by Crippen LogP contribution is -2.18. The first-order chi connectivity index (χ1) is 7.46. The van der Waals surface area contributed by atoms with Crippen LogP contribution in [0.2, 0.25) is 10.3 Å². The molecule has 1 aromatic heterocycles. The fourth-order valence-electron chi connectivity index (χ4n) is 2.20. The van der Waals surface area contributed by atoms with Crippen LogP contribution >= 0.6 is 23.2 Å². The molecule has 2 rings (SSSR count). The summed E-state index contributed by atoms with van der Waals surface area (Å²) in [6.07, 6.45) is 5.02. The van der Waals surface area contributed by atoms with Gasteiger partial charge in [-0.1, -0.05) is 25.4 Å². The van der Waals surface area contributed by atoms with Crippen molar-refractivity contribution < 1.29 is 0 Å². The second-order valence-corrected chi connectivity index (χ2v) is 5.83. The van der Waals surface area contributed by atoms with E-state index in [1.54, 1.807) is 0 Å². The van der Waals surface area contributed by atoms with Gasteiger partial charge in [0.1, 0.15) is 10.8 Å².